The highest BCUT2D eigenvalue weighted by atomic mass is 16.3. The highest BCUT2D eigenvalue weighted by Crippen LogP contribution is 2.18. The average Bonchev–Trinajstić information content (AvgIpc) is 2.61. The van der Waals surface area contributed by atoms with Crippen molar-refractivity contribution in [1.82, 2.24) is 9.89 Å². The summed E-state index contributed by atoms with van der Waals surface area (Å²) in [5, 5.41) is 14.6. The molecule has 0 aliphatic heterocycles. The van der Waals surface area contributed by atoms with Gasteiger partial charge in [-0.2, -0.15) is 9.89 Å². The van der Waals surface area contributed by atoms with Crippen LogP contribution in [0.4, 0.5) is 0 Å². The van der Waals surface area contributed by atoms with Crippen LogP contribution in [-0.4, -0.2) is 21.0 Å². The maximum Gasteiger partial charge on any atom is 0.117 e. The van der Waals surface area contributed by atoms with E-state index in [4.69, 9.17) is 0 Å². The van der Waals surface area contributed by atoms with Crippen molar-refractivity contribution in [3.63, 3.8) is 0 Å². The lowest BCUT2D eigenvalue weighted by Gasteiger charge is -2.13. The van der Waals surface area contributed by atoms with Gasteiger partial charge in [0, 0.05) is 17.5 Å². The summed E-state index contributed by atoms with van der Waals surface area (Å²) in [5.41, 5.74) is 4.09. The van der Waals surface area contributed by atoms with Crippen molar-refractivity contribution in [2.75, 3.05) is 5.43 Å². The standard InChI is InChI=1S/C12H15N3O/c1-3-4-9(2)14-15-12-7-11(16)6-5-10(12)8-13-15/h3,5-9,14,16H,1,4H2,2H3. The van der Waals surface area contributed by atoms with E-state index >= 15 is 0 Å². The Balaban J connectivity index is 2.30. The molecule has 4 heteroatoms. The van der Waals surface area contributed by atoms with Crippen LogP contribution in [0.15, 0.2) is 37.1 Å². The first kappa shape index (κ1) is 10.5. The van der Waals surface area contributed by atoms with E-state index in [0.717, 1.165) is 17.3 Å². The number of benzene rings is 1. The van der Waals surface area contributed by atoms with Crippen molar-refractivity contribution in [1.29, 1.82) is 0 Å². The predicted molar refractivity (Wildman–Crippen MR) is 65.0 cm³/mol. The zero-order chi connectivity index (χ0) is 11.5. The normalized spacial score (nSPS) is 12.6. The summed E-state index contributed by atoms with van der Waals surface area (Å²) >= 11 is 0. The first-order valence-electron chi connectivity index (χ1n) is 5.25. The van der Waals surface area contributed by atoms with Gasteiger partial charge in [0.15, 0.2) is 0 Å². The molecule has 1 heterocycles. The minimum Gasteiger partial charge on any atom is -0.508 e. The van der Waals surface area contributed by atoms with Crippen LogP contribution in [0.3, 0.4) is 0 Å². The van der Waals surface area contributed by atoms with Crippen molar-refractivity contribution in [2.24, 2.45) is 0 Å². The van der Waals surface area contributed by atoms with Crippen LogP contribution >= 0.6 is 0 Å². The molecule has 2 rings (SSSR count). The minimum atomic E-state index is 0.243. The molecule has 0 fully saturated rings. The molecule has 0 saturated carbocycles. The van der Waals surface area contributed by atoms with Crippen LogP contribution in [0.1, 0.15) is 13.3 Å². The van der Waals surface area contributed by atoms with Gasteiger partial charge in [-0.05, 0) is 25.5 Å². The lowest BCUT2D eigenvalue weighted by Crippen LogP contribution is -2.25. The smallest absolute Gasteiger partial charge is 0.117 e. The number of hydrogen-bond acceptors (Lipinski definition) is 3. The Morgan fingerprint density at radius 3 is 3.19 bits per heavy atom. The van der Waals surface area contributed by atoms with Gasteiger partial charge >= 0.3 is 0 Å². The van der Waals surface area contributed by atoms with Crippen LogP contribution < -0.4 is 5.43 Å². The number of rotatable bonds is 4. The Kier molecular flexibility index (Phi) is 2.81. The van der Waals surface area contributed by atoms with E-state index in [1.807, 2.05) is 12.1 Å². The molecule has 1 aromatic carbocycles. The number of hydrogen-bond donors (Lipinski definition) is 2. The monoisotopic (exact) mass is 217 g/mol. The third kappa shape index (κ3) is 2.00. The first-order chi connectivity index (χ1) is 7.70. The molecule has 0 aliphatic rings. The highest BCUT2D eigenvalue weighted by Gasteiger charge is 2.05. The van der Waals surface area contributed by atoms with Gasteiger partial charge in [0.1, 0.15) is 5.75 Å². The Hall–Kier alpha value is -1.97. The molecule has 84 valence electrons. The summed E-state index contributed by atoms with van der Waals surface area (Å²) in [6, 6.07) is 5.44. The molecular formula is C12H15N3O. The molecule has 0 bridgehead atoms. The van der Waals surface area contributed by atoms with Gasteiger partial charge in [-0.3, -0.25) is 0 Å². The van der Waals surface area contributed by atoms with E-state index in [1.165, 1.54) is 0 Å². The minimum absolute atomic E-state index is 0.243. The fourth-order valence-corrected chi connectivity index (χ4v) is 1.62. The molecule has 2 N–H and O–H groups in total. The first-order valence-corrected chi connectivity index (χ1v) is 5.25. The maximum atomic E-state index is 9.43. The summed E-state index contributed by atoms with van der Waals surface area (Å²) in [4.78, 5) is 1.68. The lowest BCUT2D eigenvalue weighted by atomic mass is 10.2. The molecule has 1 atom stereocenters. The number of phenolic OH excluding ortho intramolecular Hbond substituents is 1. The summed E-state index contributed by atoms with van der Waals surface area (Å²) in [6.07, 6.45) is 4.49. The Bertz CT molecular complexity index is 504. The van der Waals surface area contributed by atoms with Crippen LogP contribution in [0.5, 0.6) is 5.75 Å². The van der Waals surface area contributed by atoms with Gasteiger partial charge in [0.25, 0.3) is 0 Å². The van der Waals surface area contributed by atoms with Gasteiger partial charge in [-0.15, -0.1) is 6.58 Å². The zero-order valence-corrected chi connectivity index (χ0v) is 9.22. The van der Waals surface area contributed by atoms with Crippen molar-refractivity contribution >= 4 is 10.9 Å². The van der Waals surface area contributed by atoms with Crippen LogP contribution in [0, 0.1) is 0 Å². The van der Waals surface area contributed by atoms with Crippen molar-refractivity contribution in [3.8, 4) is 5.75 Å². The van der Waals surface area contributed by atoms with E-state index in [0.29, 0.717) is 0 Å². The Labute approximate surface area is 94.2 Å². The van der Waals surface area contributed by atoms with Crippen LogP contribution in [0.2, 0.25) is 0 Å². The van der Waals surface area contributed by atoms with Gasteiger partial charge < -0.3 is 10.5 Å². The third-order valence-electron chi connectivity index (χ3n) is 2.42. The number of nitrogens with one attached hydrogen (secondary N) is 1. The number of aromatic nitrogens is 2. The van der Waals surface area contributed by atoms with Crippen LogP contribution in [0.25, 0.3) is 10.9 Å². The van der Waals surface area contributed by atoms with Gasteiger partial charge in [-0.25, -0.2) is 0 Å². The van der Waals surface area contributed by atoms with E-state index in [9.17, 15) is 5.11 Å². The number of nitrogens with zero attached hydrogens (tertiary/aromatic N) is 2. The Morgan fingerprint density at radius 2 is 2.44 bits per heavy atom. The maximum absolute atomic E-state index is 9.43. The zero-order valence-electron chi connectivity index (χ0n) is 9.22. The molecule has 1 aromatic heterocycles. The van der Waals surface area contributed by atoms with Crippen molar-refractivity contribution in [3.05, 3.63) is 37.1 Å². The SMILES string of the molecule is C=CCC(C)Nn1ncc2ccc(O)cc21. The van der Waals surface area contributed by atoms with Gasteiger partial charge in [0.2, 0.25) is 0 Å². The summed E-state index contributed by atoms with van der Waals surface area (Å²) < 4.78 is 0. The summed E-state index contributed by atoms with van der Waals surface area (Å²) in [7, 11) is 0. The highest BCUT2D eigenvalue weighted by molar-refractivity contribution is 5.80. The van der Waals surface area contributed by atoms with E-state index in [2.05, 4.69) is 24.0 Å². The molecular weight excluding hydrogens is 202 g/mol. The molecule has 0 aliphatic carbocycles. The quantitative estimate of drug-likeness (QED) is 0.772. The van der Waals surface area contributed by atoms with Crippen LogP contribution in [-0.2, 0) is 0 Å². The molecule has 0 amide bonds. The second-order valence-corrected chi connectivity index (χ2v) is 3.85. The average molecular weight is 217 g/mol. The number of fused-ring (bicyclic) bond motifs is 1. The molecule has 16 heavy (non-hydrogen) atoms. The molecule has 1 unspecified atom stereocenters. The molecule has 0 radical (unpaired) electrons. The Morgan fingerprint density at radius 1 is 1.62 bits per heavy atom. The van der Waals surface area contributed by atoms with E-state index in [1.54, 1.807) is 23.1 Å². The second kappa shape index (κ2) is 4.26. The fourth-order valence-electron chi connectivity index (χ4n) is 1.62. The third-order valence-corrected chi connectivity index (χ3v) is 2.42. The van der Waals surface area contributed by atoms with Gasteiger partial charge in [0.05, 0.1) is 11.7 Å². The van der Waals surface area contributed by atoms with Gasteiger partial charge in [-0.1, -0.05) is 6.08 Å². The molecule has 0 spiro atoms. The summed E-state index contributed by atoms with van der Waals surface area (Å²) in [6.45, 7) is 5.75. The number of phenols is 1. The van der Waals surface area contributed by atoms with E-state index < -0.39 is 0 Å². The molecule has 0 saturated heterocycles. The molecule has 4 nitrogen and oxygen atoms in total. The van der Waals surface area contributed by atoms with Crippen molar-refractivity contribution in [2.45, 2.75) is 19.4 Å². The number of aromatic hydroxyl groups is 1. The molecule has 2 aromatic rings. The predicted octanol–water partition coefficient (Wildman–Crippen LogP) is 2.25. The largest absolute Gasteiger partial charge is 0.508 e. The topological polar surface area (TPSA) is 50.1 Å². The van der Waals surface area contributed by atoms with Crippen molar-refractivity contribution < 1.29 is 5.11 Å². The second-order valence-electron chi connectivity index (χ2n) is 3.85. The lowest BCUT2D eigenvalue weighted by molar-refractivity contribution is 0.475. The van der Waals surface area contributed by atoms with E-state index in [-0.39, 0.29) is 11.8 Å². The summed E-state index contributed by atoms with van der Waals surface area (Å²) in [5.74, 6) is 0.243. The fraction of sp³-hybridized carbons (Fsp3) is 0.250.